The number of para-hydroxylation sites is 1. The van der Waals surface area contributed by atoms with Gasteiger partial charge in [-0.05, 0) is 96.8 Å². The molecule has 0 unspecified atom stereocenters. The maximum Gasteiger partial charge on any atom is 0.329 e. The number of nitrogens with zero attached hydrogens (tertiary/aromatic N) is 4. The smallest absolute Gasteiger partial charge is 0.329 e. The first-order chi connectivity index (χ1) is 39.1. The summed E-state index contributed by atoms with van der Waals surface area (Å²) in [6.07, 6.45) is 3.73. The number of carbonyl (C=O) groups is 4. The molecule has 4 amide bonds. The molecular formula is C65H65N5O10. The van der Waals surface area contributed by atoms with Crippen LogP contribution in [0, 0.1) is 17.8 Å². The minimum absolute atomic E-state index is 0.102. The number of anilines is 1. The zero-order valence-electron chi connectivity index (χ0n) is 44.7. The van der Waals surface area contributed by atoms with E-state index in [1.54, 1.807) is 35.2 Å². The van der Waals surface area contributed by atoms with Crippen molar-refractivity contribution in [3.63, 3.8) is 0 Å². The summed E-state index contributed by atoms with van der Waals surface area (Å²) < 4.78 is 24.5. The molecule has 15 nitrogen and oxygen atoms in total. The van der Waals surface area contributed by atoms with Gasteiger partial charge in [0.25, 0.3) is 0 Å². The third kappa shape index (κ3) is 9.63. The predicted molar refractivity (Wildman–Crippen MR) is 298 cm³/mol. The molecule has 1 saturated carbocycles. The molecule has 4 fully saturated rings. The topological polar surface area (TPSA) is 171 Å². The first kappa shape index (κ1) is 52.7. The minimum Gasteiger partial charge on any atom is -0.491 e. The molecule has 3 N–H and O–H groups in total. The van der Waals surface area contributed by atoms with E-state index in [9.17, 15) is 10.2 Å². The summed E-state index contributed by atoms with van der Waals surface area (Å²) in [5, 5.41) is 25.3. The summed E-state index contributed by atoms with van der Waals surface area (Å²) in [4.78, 5) is 72.4. The van der Waals surface area contributed by atoms with Crippen LogP contribution in [0.4, 0.5) is 10.5 Å². The normalized spacial score (nSPS) is 24.5. The summed E-state index contributed by atoms with van der Waals surface area (Å²) in [6, 6.07) is 42.2. The van der Waals surface area contributed by atoms with E-state index in [2.05, 4.69) is 22.1 Å². The largest absolute Gasteiger partial charge is 0.491 e. The number of imide groups is 1. The number of nitrogens with one attached hydrogen (secondary N) is 1. The standard InChI is InChI=1S/C65H65N5O10/c1-43(46-17-7-4-8-18-46)66-63(75)69-51-27-25-44(29-32-64(76)30-15-2-3-16-31-64)39-50(51)65(62(69)74)55(60(72)68-35-33-67(34-36-68)41-45-26-28-53-54(40-45)79-42-78-53)57-61(73)80-58(48-21-11-6-12-22-48)56(47-19-9-5-10-20-47)70(57)59(65)49-23-13-14-24-52(49)77-38-37-71/h4-14,17-28,39-40,43,55-59,71,76H,2-3,15-16,30-31,33-38,41-42H2,1H3,(H,66,75)/t43-,55+,56+,57+,58-,59-,65+/m1/s1. The molecule has 0 bridgehead atoms. The van der Waals surface area contributed by atoms with Crippen LogP contribution in [0.5, 0.6) is 17.2 Å². The number of fused-ring (bicyclic) bond motifs is 4. The van der Waals surface area contributed by atoms with E-state index in [4.69, 9.17) is 18.9 Å². The fourth-order valence-corrected chi connectivity index (χ4v) is 13.3. The van der Waals surface area contributed by atoms with E-state index in [0.717, 1.165) is 47.3 Å². The highest BCUT2D eigenvalue weighted by molar-refractivity contribution is 6.24. The van der Waals surface area contributed by atoms with Crippen molar-refractivity contribution in [2.75, 3.05) is 51.1 Å². The van der Waals surface area contributed by atoms with Crippen LogP contribution in [0.1, 0.15) is 109 Å². The summed E-state index contributed by atoms with van der Waals surface area (Å²) in [5.41, 5.74) is 1.40. The second-order valence-corrected chi connectivity index (χ2v) is 21.8. The van der Waals surface area contributed by atoms with Gasteiger partial charge in [0, 0.05) is 43.9 Å². The Bertz CT molecular complexity index is 3330. The lowest BCUT2D eigenvalue weighted by Gasteiger charge is -2.46. The number of carbonyl (C=O) groups excluding carboxylic acids is 4. The molecular weight excluding hydrogens is 1010 g/mol. The Morgan fingerprint density at radius 1 is 0.762 bits per heavy atom. The lowest BCUT2D eigenvalue weighted by atomic mass is 9.64. The first-order valence-corrected chi connectivity index (χ1v) is 28.0. The quantitative estimate of drug-likeness (QED) is 0.0642. The number of cyclic esters (lactones) is 1. The Morgan fingerprint density at radius 3 is 2.16 bits per heavy atom. The monoisotopic (exact) mass is 1080 g/mol. The molecule has 5 heterocycles. The van der Waals surface area contributed by atoms with Crippen molar-refractivity contribution < 1.29 is 48.3 Å². The van der Waals surface area contributed by atoms with Gasteiger partial charge in [-0.15, -0.1) is 0 Å². The molecule has 6 aliphatic rings. The van der Waals surface area contributed by atoms with Gasteiger partial charge in [0.15, 0.2) is 11.5 Å². The zero-order valence-corrected chi connectivity index (χ0v) is 44.7. The molecule has 1 aliphatic carbocycles. The van der Waals surface area contributed by atoms with Gasteiger partial charge < -0.3 is 39.4 Å². The zero-order chi connectivity index (χ0) is 55.0. The van der Waals surface area contributed by atoms with E-state index >= 15 is 19.2 Å². The maximum absolute atomic E-state index is 17.2. The van der Waals surface area contributed by atoms with Gasteiger partial charge in [-0.3, -0.25) is 24.2 Å². The van der Waals surface area contributed by atoms with Gasteiger partial charge in [-0.1, -0.05) is 140 Å². The highest BCUT2D eigenvalue weighted by Gasteiger charge is 2.76. The van der Waals surface area contributed by atoms with Crippen LogP contribution >= 0.6 is 0 Å². The molecule has 6 aromatic rings. The molecule has 12 rings (SSSR count). The van der Waals surface area contributed by atoms with Crippen LogP contribution in [0.2, 0.25) is 0 Å². The molecule has 0 radical (unpaired) electrons. The molecule has 80 heavy (non-hydrogen) atoms. The SMILES string of the molecule is C[C@@H](NC(=O)N1C(=O)[C@@]2(c3cc(C#CC4(O)CCCCCC4)ccc31)[C@H](C(=O)N1CCN(Cc3ccc4c(c3)OCO4)CC1)[C@H]1C(=O)O[C@H](c3ccccc3)[C@H](c3ccccc3)N1[C@@H]2c1ccccc1OCCO)c1ccccc1. The predicted octanol–water partition coefficient (Wildman–Crippen LogP) is 8.70. The van der Waals surface area contributed by atoms with Crippen LogP contribution < -0.4 is 24.4 Å². The Labute approximate surface area is 466 Å². The molecule has 6 aromatic carbocycles. The number of benzene rings is 6. The van der Waals surface area contributed by atoms with Crippen LogP contribution in [-0.2, 0) is 31.1 Å². The second kappa shape index (κ2) is 22.3. The van der Waals surface area contributed by atoms with Crippen molar-refractivity contribution in [1.29, 1.82) is 0 Å². The fourth-order valence-electron chi connectivity index (χ4n) is 13.3. The number of aliphatic hydroxyl groups is 2. The average Bonchev–Trinajstić information content (AvgIpc) is 4.01. The van der Waals surface area contributed by atoms with Crippen LogP contribution in [0.15, 0.2) is 152 Å². The lowest BCUT2D eigenvalue weighted by molar-refractivity contribution is -0.179. The van der Waals surface area contributed by atoms with Crippen molar-refractivity contribution in [3.8, 4) is 29.1 Å². The van der Waals surface area contributed by atoms with Gasteiger partial charge in [0.05, 0.1) is 36.3 Å². The number of aliphatic hydroxyl groups excluding tert-OH is 1. The minimum atomic E-state index is -2.08. The molecule has 5 aliphatic heterocycles. The van der Waals surface area contributed by atoms with Crippen LogP contribution in [0.25, 0.3) is 0 Å². The Morgan fingerprint density at radius 2 is 1.44 bits per heavy atom. The number of morpholine rings is 1. The van der Waals surface area contributed by atoms with Crippen molar-refractivity contribution in [2.45, 2.75) is 93.3 Å². The summed E-state index contributed by atoms with van der Waals surface area (Å²) in [5.74, 6) is 4.82. The molecule has 15 heteroatoms. The van der Waals surface area contributed by atoms with Gasteiger partial charge in [-0.25, -0.2) is 9.69 Å². The Hall–Kier alpha value is -8.00. The number of hydrogen-bond acceptors (Lipinski definition) is 12. The van der Waals surface area contributed by atoms with Gasteiger partial charge in [-0.2, -0.15) is 0 Å². The third-order valence-corrected chi connectivity index (χ3v) is 17.0. The molecule has 0 aromatic heterocycles. The lowest BCUT2D eigenvalue weighted by Crippen LogP contribution is -2.59. The third-order valence-electron chi connectivity index (χ3n) is 17.0. The van der Waals surface area contributed by atoms with E-state index in [-0.39, 0.29) is 38.8 Å². The summed E-state index contributed by atoms with van der Waals surface area (Å²) in [6.45, 7) is 3.63. The van der Waals surface area contributed by atoms with E-state index in [1.807, 2.05) is 133 Å². The van der Waals surface area contributed by atoms with E-state index < -0.39 is 71.0 Å². The molecule has 410 valence electrons. The number of piperazine rings is 1. The van der Waals surface area contributed by atoms with Crippen LogP contribution in [0.3, 0.4) is 0 Å². The number of amides is 4. The highest BCUT2D eigenvalue weighted by Crippen LogP contribution is 2.67. The molecule has 7 atom stereocenters. The molecule has 1 spiro atoms. The van der Waals surface area contributed by atoms with E-state index in [1.165, 1.54) is 0 Å². The van der Waals surface area contributed by atoms with Crippen LogP contribution in [-0.4, -0.2) is 107 Å². The van der Waals surface area contributed by atoms with Gasteiger partial charge >= 0.3 is 12.0 Å². The Balaban J connectivity index is 1.08. The number of hydrogen-bond donors (Lipinski definition) is 3. The average molecular weight is 1080 g/mol. The number of rotatable bonds is 11. The van der Waals surface area contributed by atoms with Crippen molar-refractivity contribution >= 4 is 29.5 Å². The number of ether oxygens (including phenoxy) is 4. The van der Waals surface area contributed by atoms with E-state index in [0.29, 0.717) is 72.0 Å². The van der Waals surface area contributed by atoms with Crippen molar-refractivity contribution in [2.24, 2.45) is 5.92 Å². The van der Waals surface area contributed by atoms with Gasteiger partial charge in [0.2, 0.25) is 18.6 Å². The molecule has 3 saturated heterocycles. The fraction of sp³-hybridized carbons (Fsp3) is 0.354. The second-order valence-electron chi connectivity index (χ2n) is 21.8. The Kier molecular flexibility index (Phi) is 14.7. The van der Waals surface area contributed by atoms with Gasteiger partial charge in [0.1, 0.15) is 35.5 Å². The van der Waals surface area contributed by atoms with Crippen molar-refractivity contribution in [1.82, 2.24) is 20.0 Å². The summed E-state index contributed by atoms with van der Waals surface area (Å²) >= 11 is 0. The highest BCUT2D eigenvalue weighted by atomic mass is 16.7. The first-order valence-electron chi connectivity index (χ1n) is 28.0. The number of esters is 1. The number of urea groups is 1. The summed E-state index contributed by atoms with van der Waals surface area (Å²) in [7, 11) is 0. The van der Waals surface area contributed by atoms with Crippen molar-refractivity contribution in [3.05, 3.63) is 191 Å². The maximum atomic E-state index is 17.2.